The maximum absolute atomic E-state index is 12.0. The van der Waals surface area contributed by atoms with Crippen LogP contribution in [0.25, 0.3) is 11.5 Å². The van der Waals surface area contributed by atoms with Crippen LogP contribution < -0.4 is 14.8 Å². The second-order valence-corrected chi connectivity index (χ2v) is 7.32. The number of rotatable bonds is 8. The average Bonchev–Trinajstić information content (AvgIpc) is 2.95. The fourth-order valence-electron chi connectivity index (χ4n) is 2.17. The van der Waals surface area contributed by atoms with Gasteiger partial charge in [-0.3, -0.25) is 4.79 Å². The first-order valence-corrected chi connectivity index (χ1v) is 9.29. The standard InChI is InChI=1S/C16H21N3O5S/c1-11-13(10-15(20)18-8-9-25(21,22)17-2)19-16(24-11)12-6-4-5-7-14(12)23-3/h4-7,17H,8-10H2,1-3H3,(H,18,20). The lowest BCUT2D eigenvalue weighted by molar-refractivity contribution is -0.120. The molecule has 25 heavy (non-hydrogen) atoms. The first kappa shape index (κ1) is 18.9. The van der Waals surface area contributed by atoms with Gasteiger partial charge in [-0.05, 0) is 26.1 Å². The highest BCUT2D eigenvalue weighted by Crippen LogP contribution is 2.30. The van der Waals surface area contributed by atoms with Crippen molar-refractivity contribution in [2.75, 3.05) is 26.5 Å². The number of amides is 1. The number of oxazole rings is 1. The monoisotopic (exact) mass is 367 g/mol. The number of sulfonamides is 1. The molecule has 136 valence electrons. The second kappa shape index (κ2) is 8.13. The molecule has 0 spiro atoms. The predicted octanol–water partition coefficient (Wildman–Crippen LogP) is 0.867. The second-order valence-electron chi connectivity index (χ2n) is 5.27. The number of benzene rings is 1. The molecule has 0 saturated heterocycles. The highest BCUT2D eigenvalue weighted by molar-refractivity contribution is 7.89. The van der Waals surface area contributed by atoms with E-state index in [0.717, 1.165) is 0 Å². The molecule has 1 aromatic carbocycles. The van der Waals surface area contributed by atoms with Gasteiger partial charge >= 0.3 is 0 Å². The number of methoxy groups -OCH3 is 1. The van der Waals surface area contributed by atoms with Gasteiger partial charge < -0.3 is 14.5 Å². The van der Waals surface area contributed by atoms with Gasteiger partial charge in [-0.25, -0.2) is 18.1 Å². The number of nitrogens with zero attached hydrogens (tertiary/aromatic N) is 1. The normalized spacial score (nSPS) is 11.3. The lowest BCUT2D eigenvalue weighted by Crippen LogP contribution is -2.33. The lowest BCUT2D eigenvalue weighted by atomic mass is 10.2. The van der Waals surface area contributed by atoms with Crippen molar-refractivity contribution in [2.24, 2.45) is 0 Å². The van der Waals surface area contributed by atoms with Crippen LogP contribution in [0.4, 0.5) is 0 Å². The van der Waals surface area contributed by atoms with Crippen molar-refractivity contribution in [3.05, 3.63) is 35.7 Å². The van der Waals surface area contributed by atoms with Crippen molar-refractivity contribution in [1.29, 1.82) is 0 Å². The number of aromatic nitrogens is 1. The quantitative estimate of drug-likeness (QED) is 0.716. The van der Waals surface area contributed by atoms with E-state index in [1.54, 1.807) is 20.1 Å². The minimum atomic E-state index is -3.35. The molecule has 0 aliphatic rings. The number of ether oxygens (including phenoxy) is 1. The maximum atomic E-state index is 12.0. The zero-order valence-electron chi connectivity index (χ0n) is 14.3. The van der Waals surface area contributed by atoms with Gasteiger partial charge in [0.15, 0.2) is 0 Å². The summed E-state index contributed by atoms with van der Waals surface area (Å²) in [5.41, 5.74) is 1.19. The molecule has 0 aliphatic heterocycles. The number of aryl methyl sites for hydroxylation is 1. The van der Waals surface area contributed by atoms with Crippen LogP contribution in [-0.4, -0.2) is 45.8 Å². The van der Waals surface area contributed by atoms with Crippen LogP contribution in [-0.2, 0) is 21.2 Å². The topological polar surface area (TPSA) is 111 Å². The Bertz CT molecular complexity index is 845. The van der Waals surface area contributed by atoms with Crippen LogP contribution >= 0.6 is 0 Å². The van der Waals surface area contributed by atoms with E-state index in [1.165, 1.54) is 7.05 Å². The molecule has 1 amide bonds. The Hall–Kier alpha value is -2.39. The lowest BCUT2D eigenvalue weighted by Gasteiger charge is -2.04. The van der Waals surface area contributed by atoms with Gasteiger partial charge in [0, 0.05) is 6.54 Å². The van der Waals surface area contributed by atoms with Gasteiger partial charge in [0.05, 0.1) is 30.5 Å². The van der Waals surface area contributed by atoms with Crippen LogP contribution in [0.5, 0.6) is 5.75 Å². The Kier molecular flexibility index (Phi) is 6.16. The van der Waals surface area contributed by atoms with Gasteiger partial charge in [-0.15, -0.1) is 0 Å². The number of nitrogens with one attached hydrogen (secondary N) is 2. The van der Waals surface area contributed by atoms with Crippen LogP contribution in [0.15, 0.2) is 28.7 Å². The fraction of sp³-hybridized carbons (Fsp3) is 0.375. The van der Waals surface area contributed by atoms with E-state index in [0.29, 0.717) is 28.7 Å². The van der Waals surface area contributed by atoms with E-state index < -0.39 is 10.0 Å². The van der Waals surface area contributed by atoms with Crippen LogP contribution in [0, 0.1) is 6.92 Å². The van der Waals surface area contributed by atoms with Crippen molar-refractivity contribution in [3.63, 3.8) is 0 Å². The summed E-state index contributed by atoms with van der Waals surface area (Å²) in [6.45, 7) is 1.75. The molecule has 0 saturated carbocycles. The Balaban J connectivity index is 2.04. The minimum absolute atomic E-state index is 0.00405. The van der Waals surface area contributed by atoms with Gasteiger partial charge in [0.2, 0.25) is 21.8 Å². The molecule has 1 heterocycles. The molecule has 0 radical (unpaired) electrons. The minimum Gasteiger partial charge on any atom is -0.496 e. The van der Waals surface area contributed by atoms with Crippen LogP contribution in [0.2, 0.25) is 0 Å². The average molecular weight is 367 g/mol. The zero-order chi connectivity index (χ0) is 18.4. The largest absolute Gasteiger partial charge is 0.496 e. The predicted molar refractivity (Wildman–Crippen MR) is 92.8 cm³/mol. The van der Waals surface area contributed by atoms with Gasteiger partial charge in [0.1, 0.15) is 11.5 Å². The molecule has 0 atom stereocenters. The van der Waals surface area contributed by atoms with Crippen molar-refractivity contribution >= 4 is 15.9 Å². The Labute approximate surface area is 146 Å². The van der Waals surface area contributed by atoms with Crippen LogP contribution in [0.3, 0.4) is 0 Å². The Morgan fingerprint density at radius 1 is 1.32 bits per heavy atom. The van der Waals surface area contributed by atoms with E-state index in [2.05, 4.69) is 15.0 Å². The highest BCUT2D eigenvalue weighted by atomic mass is 32.2. The third-order valence-electron chi connectivity index (χ3n) is 3.56. The molecule has 2 aromatic rings. The third-order valence-corrected chi connectivity index (χ3v) is 4.93. The summed E-state index contributed by atoms with van der Waals surface area (Å²) in [6, 6.07) is 7.29. The molecule has 1 aromatic heterocycles. The highest BCUT2D eigenvalue weighted by Gasteiger charge is 2.17. The third kappa shape index (κ3) is 5.04. The zero-order valence-corrected chi connectivity index (χ0v) is 15.1. The molecule has 9 heteroatoms. The summed E-state index contributed by atoms with van der Waals surface area (Å²) in [5, 5.41) is 2.56. The summed E-state index contributed by atoms with van der Waals surface area (Å²) >= 11 is 0. The van der Waals surface area contributed by atoms with Gasteiger partial charge in [-0.1, -0.05) is 12.1 Å². The van der Waals surface area contributed by atoms with Crippen molar-refractivity contribution in [2.45, 2.75) is 13.3 Å². The molecule has 0 aliphatic carbocycles. The molecular weight excluding hydrogens is 346 g/mol. The Morgan fingerprint density at radius 2 is 2.04 bits per heavy atom. The molecular formula is C16H21N3O5S. The number of hydrogen-bond acceptors (Lipinski definition) is 6. The summed E-state index contributed by atoms with van der Waals surface area (Å²) in [5.74, 6) is 1.01. The fourth-order valence-corrected chi connectivity index (χ4v) is 2.74. The molecule has 0 unspecified atom stereocenters. The number of carbonyl (C=O) groups is 1. The molecule has 2 N–H and O–H groups in total. The van der Waals surface area contributed by atoms with Crippen molar-refractivity contribution < 1.29 is 22.4 Å². The number of para-hydroxylation sites is 1. The smallest absolute Gasteiger partial charge is 0.230 e. The molecule has 2 rings (SSSR count). The van der Waals surface area contributed by atoms with Crippen LogP contribution in [0.1, 0.15) is 11.5 Å². The van der Waals surface area contributed by atoms with E-state index in [9.17, 15) is 13.2 Å². The van der Waals surface area contributed by atoms with E-state index >= 15 is 0 Å². The number of carbonyl (C=O) groups excluding carboxylic acids is 1. The summed E-state index contributed by atoms with van der Waals surface area (Å²) in [6.07, 6.45) is 0.00405. The van der Waals surface area contributed by atoms with E-state index in [1.807, 2.05) is 18.2 Å². The van der Waals surface area contributed by atoms with Gasteiger partial charge in [-0.2, -0.15) is 0 Å². The molecule has 8 nitrogen and oxygen atoms in total. The first-order chi connectivity index (χ1) is 11.9. The van der Waals surface area contributed by atoms with E-state index in [-0.39, 0.29) is 24.6 Å². The summed E-state index contributed by atoms with van der Waals surface area (Å²) in [7, 11) is -0.462. The summed E-state index contributed by atoms with van der Waals surface area (Å²) < 4.78 is 35.7. The SMILES string of the molecule is CNS(=O)(=O)CCNC(=O)Cc1nc(-c2ccccc2OC)oc1C. The molecule has 0 bridgehead atoms. The van der Waals surface area contributed by atoms with Crippen molar-refractivity contribution in [1.82, 2.24) is 15.0 Å². The first-order valence-electron chi connectivity index (χ1n) is 7.64. The summed E-state index contributed by atoms with van der Waals surface area (Å²) in [4.78, 5) is 16.3. The maximum Gasteiger partial charge on any atom is 0.230 e. The van der Waals surface area contributed by atoms with Crippen molar-refractivity contribution in [3.8, 4) is 17.2 Å². The van der Waals surface area contributed by atoms with E-state index in [4.69, 9.17) is 9.15 Å². The Morgan fingerprint density at radius 3 is 2.72 bits per heavy atom. The molecule has 0 fully saturated rings. The van der Waals surface area contributed by atoms with Gasteiger partial charge in [0.25, 0.3) is 0 Å². The number of hydrogen-bond donors (Lipinski definition) is 2.